The minimum atomic E-state index is -4.49. The van der Waals surface area contributed by atoms with Crippen molar-refractivity contribution >= 4 is 48.1 Å². The minimum absolute atomic E-state index is 0.101. The molecule has 2 aromatic rings. The number of nitrogens with one attached hydrogen (secondary N) is 1. The van der Waals surface area contributed by atoms with Crippen LogP contribution in [0.5, 0.6) is 0 Å². The van der Waals surface area contributed by atoms with Gasteiger partial charge in [-0.05, 0) is 67.8 Å². The second kappa shape index (κ2) is 9.95. The van der Waals surface area contributed by atoms with E-state index in [4.69, 9.17) is 4.74 Å². The van der Waals surface area contributed by atoms with E-state index in [1.54, 1.807) is 12.3 Å². The van der Waals surface area contributed by atoms with Gasteiger partial charge in [0.05, 0.1) is 17.8 Å². The van der Waals surface area contributed by atoms with Crippen molar-refractivity contribution in [3.63, 3.8) is 0 Å². The first-order chi connectivity index (χ1) is 16.1. The number of ether oxygens (including phenoxy) is 1. The zero-order valence-electron chi connectivity index (χ0n) is 18.9. The second-order valence-electron chi connectivity index (χ2n) is 8.32. The summed E-state index contributed by atoms with van der Waals surface area (Å²) in [5.74, 6) is 0.186. The molecule has 34 heavy (non-hydrogen) atoms. The van der Waals surface area contributed by atoms with E-state index in [9.17, 15) is 18.0 Å². The minimum Gasteiger partial charge on any atom is -0.372 e. The van der Waals surface area contributed by atoms with Crippen LogP contribution in [0.2, 0.25) is 0 Å². The normalized spacial score (nSPS) is 20.8. The second-order valence-corrected chi connectivity index (χ2v) is 9.99. The van der Waals surface area contributed by atoms with E-state index >= 15 is 0 Å². The van der Waals surface area contributed by atoms with E-state index in [1.165, 1.54) is 0 Å². The number of halogens is 4. The number of carbonyl (C=O) groups excluding carboxylic acids is 1. The molecule has 0 saturated carbocycles. The van der Waals surface area contributed by atoms with Crippen LogP contribution in [-0.2, 0) is 9.53 Å². The Bertz CT molecular complexity index is 1180. The maximum Gasteiger partial charge on any atom is 0.416 e. The average Bonchev–Trinajstić information content (AvgIpc) is 2.79. The van der Waals surface area contributed by atoms with Gasteiger partial charge < -0.3 is 15.0 Å². The van der Waals surface area contributed by atoms with E-state index in [1.807, 2.05) is 45.0 Å². The molecule has 1 N–H and O–H groups in total. The number of morpholine rings is 1. The predicted molar refractivity (Wildman–Crippen MR) is 137 cm³/mol. The van der Waals surface area contributed by atoms with Crippen molar-refractivity contribution in [3.05, 3.63) is 53.7 Å². The maximum atomic E-state index is 13.0. The topological polar surface area (TPSA) is 66.8 Å². The molecule has 0 spiro atoms. The largest absolute Gasteiger partial charge is 0.416 e. The number of aromatic nitrogens is 1. The van der Waals surface area contributed by atoms with Crippen LogP contribution < -0.4 is 10.2 Å². The van der Waals surface area contributed by atoms with E-state index in [-0.39, 0.29) is 17.9 Å². The Labute approximate surface area is 206 Å². The van der Waals surface area contributed by atoms with Crippen LogP contribution in [0.3, 0.4) is 0 Å². The molecule has 2 atom stereocenters. The molecule has 1 amide bonds. The third-order valence-corrected chi connectivity index (χ3v) is 7.20. The number of nitrogens with zero attached hydrogens (tertiary/aromatic N) is 3. The summed E-state index contributed by atoms with van der Waals surface area (Å²) in [6, 6.07) is 9.31. The highest BCUT2D eigenvalue weighted by Crippen LogP contribution is 2.31. The number of alkyl halides is 3. The first-order valence-electron chi connectivity index (χ1n) is 10.7. The quantitative estimate of drug-likeness (QED) is 0.500. The molecule has 180 valence electrons. The van der Waals surface area contributed by atoms with Crippen molar-refractivity contribution in [3.8, 4) is 11.1 Å². The molecule has 2 aliphatic rings. The van der Waals surface area contributed by atoms with Gasteiger partial charge in [-0.2, -0.15) is 13.2 Å². The molecule has 4 rings (SSSR count). The zero-order chi connectivity index (χ0) is 24.5. The Morgan fingerprint density at radius 1 is 1.18 bits per heavy atom. The molecule has 1 fully saturated rings. The molecule has 6 nitrogen and oxygen atoms in total. The predicted octanol–water partition coefficient (Wildman–Crippen LogP) is 5.24. The lowest BCUT2D eigenvalue weighted by atomic mass is 10.0. The third-order valence-electron chi connectivity index (χ3n) is 5.45. The Kier molecular flexibility index (Phi) is 7.17. The number of benzene rings is 1. The van der Waals surface area contributed by atoms with Crippen LogP contribution in [-0.4, -0.2) is 52.1 Å². The number of pyridine rings is 1. The number of hydrogen-bond acceptors (Lipinski definition) is 5. The van der Waals surface area contributed by atoms with Gasteiger partial charge in [0.25, 0.3) is 5.91 Å². The molecule has 1 unspecified atom stereocenters. The monoisotopic (exact) mass is 584 g/mol. The van der Waals surface area contributed by atoms with Gasteiger partial charge in [0, 0.05) is 50.0 Å². The molecule has 10 heteroatoms. The van der Waals surface area contributed by atoms with Crippen molar-refractivity contribution < 1.29 is 22.7 Å². The number of rotatable bonds is 4. The fourth-order valence-corrected chi connectivity index (χ4v) is 5.54. The first kappa shape index (κ1) is 24.5. The molecule has 0 aliphatic carbocycles. The van der Waals surface area contributed by atoms with Crippen molar-refractivity contribution in [2.24, 2.45) is 3.21 Å². The molecule has 1 aromatic heterocycles. The van der Waals surface area contributed by atoms with Gasteiger partial charge in [-0.1, -0.05) is 6.07 Å². The first-order valence-corrected chi connectivity index (χ1v) is 12.9. The zero-order valence-corrected chi connectivity index (χ0v) is 21.0. The Hall–Kier alpha value is -2.60. The van der Waals surface area contributed by atoms with Gasteiger partial charge in [0.1, 0.15) is 11.5 Å². The molecule has 0 bridgehead atoms. The van der Waals surface area contributed by atoms with Crippen LogP contribution >= 0.6 is 21.0 Å². The van der Waals surface area contributed by atoms with Crippen LogP contribution in [0.1, 0.15) is 19.4 Å². The Balaban J connectivity index is 1.57. The van der Waals surface area contributed by atoms with E-state index in [2.05, 4.69) is 18.4 Å². The highest BCUT2D eigenvalue weighted by molar-refractivity contribution is 14.2. The average molecular weight is 584 g/mol. The summed E-state index contributed by atoms with van der Waals surface area (Å²) in [6.45, 7) is 7.51. The lowest BCUT2D eigenvalue weighted by Crippen LogP contribution is -2.45. The van der Waals surface area contributed by atoms with Gasteiger partial charge in [-0.25, -0.2) is 8.19 Å². The number of hydrogen-bond donors (Lipinski definition) is 1. The summed E-state index contributed by atoms with van der Waals surface area (Å²) in [6.07, 6.45) is -1.74. The number of amides is 1. The Morgan fingerprint density at radius 2 is 1.91 bits per heavy atom. The van der Waals surface area contributed by atoms with Crippen LogP contribution in [0.15, 0.2) is 51.4 Å². The number of allylic oxidation sites excluding steroid dienone is 1. The van der Waals surface area contributed by atoms with Crippen molar-refractivity contribution in [2.75, 3.05) is 23.3 Å². The van der Waals surface area contributed by atoms with Crippen LogP contribution in [0.25, 0.3) is 11.1 Å². The molecule has 1 saturated heterocycles. The number of carbonyl (C=O) groups is 1. The summed E-state index contributed by atoms with van der Waals surface area (Å²) >= 11 is -1.21. The fourth-order valence-electron chi connectivity index (χ4n) is 3.91. The number of anilines is 2. The molecular formula is C24H24F3IN4O2. The van der Waals surface area contributed by atoms with Gasteiger partial charge in [-0.15, -0.1) is 0 Å². The van der Waals surface area contributed by atoms with Gasteiger partial charge in [0.2, 0.25) is 0 Å². The lowest BCUT2D eigenvalue weighted by Gasteiger charge is -2.36. The number of aryl methyl sites for hydroxylation is 1. The van der Waals surface area contributed by atoms with Crippen molar-refractivity contribution in [1.82, 2.24) is 4.98 Å². The molecular weight excluding hydrogens is 560 g/mol. The standard InChI is InChI=1S/C24H24F3IN4O2/c1-14-4-5-19(30-23(33)21-9-18(11-28-31-21)24(25,26)27)10-20(14)17-6-7-29-22(8-17)32-12-15(2)34-16(3)13-32/h4-11,15-16H,12-13H2,1-3H3,(H,30,33)/t15-,16?/m1/s1. The maximum absolute atomic E-state index is 13.0. The summed E-state index contributed by atoms with van der Waals surface area (Å²) in [7, 11) is 0. The highest BCUT2D eigenvalue weighted by Gasteiger charge is 2.34. The van der Waals surface area contributed by atoms with Gasteiger partial charge in [-0.3, -0.25) is 4.79 Å². The Morgan fingerprint density at radius 3 is 2.62 bits per heavy atom. The van der Waals surface area contributed by atoms with Crippen LogP contribution in [0.4, 0.5) is 24.7 Å². The molecule has 1 aromatic carbocycles. The van der Waals surface area contributed by atoms with Crippen molar-refractivity contribution in [1.29, 1.82) is 0 Å². The summed E-state index contributed by atoms with van der Waals surface area (Å²) in [4.78, 5) is 19.3. The van der Waals surface area contributed by atoms with Gasteiger partial charge in [0.15, 0.2) is 0 Å². The van der Waals surface area contributed by atoms with Crippen molar-refractivity contribution in [2.45, 2.75) is 39.2 Å². The SMILES string of the molecule is Cc1ccc(NC(=O)C2=NI=CC(C(F)(F)F)=C2)cc1-c1ccnc(N2CC(C)O[C@H](C)C2)c1. The fraction of sp³-hybridized carbons (Fsp3) is 0.333. The molecule has 0 radical (unpaired) electrons. The van der Waals surface area contributed by atoms with E-state index in [0.29, 0.717) is 5.69 Å². The van der Waals surface area contributed by atoms with Gasteiger partial charge >= 0.3 is 6.18 Å². The van der Waals surface area contributed by atoms with E-state index < -0.39 is 38.7 Å². The van der Waals surface area contributed by atoms with Crippen LogP contribution in [0, 0.1) is 6.92 Å². The molecule has 3 heterocycles. The highest BCUT2D eigenvalue weighted by atomic mass is 127. The summed E-state index contributed by atoms with van der Waals surface area (Å²) in [5.41, 5.74) is 2.28. The third kappa shape index (κ3) is 5.72. The summed E-state index contributed by atoms with van der Waals surface area (Å²) < 4.78 is 49.9. The van der Waals surface area contributed by atoms with E-state index in [0.717, 1.165) is 45.7 Å². The lowest BCUT2D eigenvalue weighted by molar-refractivity contribution is -0.110. The summed E-state index contributed by atoms with van der Waals surface area (Å²) in [5, 5.41) is 2.69. The smallest absolute Gasteiger partial charge is 0.372 e. The molecule has 2 aliphatic heterocycles.